The van der Waals surface area contributed by atoms with Crippen molar-refractivity contribution in [2.75, 3.05) is 51.8 Å². The van der Waals surface area contributed by atoms with Crippen LogP contribution >= 0.6 is 0 Å². The molecule has 4 rings (SSSR count). The quantitative estimate of drug-likeness (QED) is 0.416. The van der Waals surface area contributed by atoms with Crippen molar-refractivity contribution in [3.8, 4) is 28.6 Å². The van der Waals surface area contributed by atoms with Crippen molar-refractivity contribution in [3.05, 3.63) is 58.8 Å². The van der Waals surface area contributed by atoms with Crippen LogP contribution in [0.3, 0.4) is 0 Å². The Morgan fingerprint density at radius 2 is 1.72 bits per heavy atom. The molecule has 0 unspecified atom stereocenters. The van der Waals surface area contributed by atoms with Crippen molar-refractivity contribution in [1.29, 1.82) is 0 Å². The summed E-state index contributed by atoms with van der Waals surface area (Å²) in [5.41, 5.74) is 10.3. The Bertz CT molecular complexity index is 1320. The number of ether oxygens (including phenoxy) is 3. The van der Waals surface area contributed by atoms with Gasteiger partial charge in [0.25, 0.3) is 0 Å². The lowest BCUT2D eigenvalue weighted by Gasteiger charge is -2.36. The largest absolute Gasteiger partial charge is 0.497 e. The number of carbonyl (C=O) groups is 1. The molecule has 3 aromatic rings. The summed E-state index contributed by atoms with van der Waals surface area (Å²) in [4.78, 5) is 25.7. The molecule has 0 saturated carbocycles. The molecule has 1 saturated heterocycles. The average Bonchev–Trinajstić information content (AvgIpc) is 2.92. The number of aryl methyl sites for hydroxylation is 2. The van der Waals surface area contributed by atoms with E-state index in [9.17, 15) is 4.79 Å². The van der Waals surface area contributed by atoms with E-state index in [1.165, 1.54) is 5.56 Å². The maximum Gasteiger partial charge on any atom is 0.231 e. The molecule has 1 aliphatic heterocycles. The number of hydrogen-bond acceptors (Lipinski definition) is 8. The van der Waals surface area contributed by atoms with E-state index >= 15 is 0 Å². The van der Waals surface area contributed by atoms with Gasteiger partial charge < -0.3 is 24.8 Å². The molecule has 1 aliphatic rings. The lowest BCUT2D eigenvalue weighted by atomic mass is 10.0. The van der Waals surface area contributed by atoms with E-state index in [1.807, 2.05) is 25.1 Å². The molecule has 1 fully saturated rings. The van der Waals surface area contributed by atoms with E-state index in [4.69, 9.17) is 29.9 Å². The van der Waals surface area contributed by atoms with E-state index in [-0.39, 0.29) is 12.5 Å². The van der Waals surface area contributed by atoms with Gasteiger partial charge in [-0.15, -0.1) is 0 Å². The van der Waals surface area contributed by atoms with Crippen molar-refractivity contribution in [2.45, 2.75) is 40.2 Å². The zero-order valence-electron chi connectivity index (χ0n) is 23.8. The molecule has 9 heteroatoms. The van der Waals surface area contributed by atoms with Gasteiger partial charge in [0.05, 0.1) is 37.6 Å². The summed E-state index contributed by atoms with van der Waals surface area (Å²) in [5, 5.41) is 0. The second-order valence-electron chi connectivity index (χ2n) is 10.2. The first-order chi connectivity index (χ1) is 18.7. The van der Waals surface area contributed by atoms with Gasteiger partial charge in [0.2, 0.25) is 5.91 Å². The number of primary amides is 1. The second kappa shape index (κ2) is 12.3. The number of hydrogen-bond donors (Lipinski definition) is 1. The van der Waals surface area contributed by atoms with Crippen LogP contribution in [0.2, 0.25) is 0 Å². The van der Waals surface area contributed by atoms with E-state index in [1.54, 1.807) is 14.2 Å². The van der Waals surface area contributed by atoms with Gasteiger partial charge in [-0.3, -0.25) is 9.69 Å². The number of benzene rings is 2. The van der Waals surface area contributed by atoms with Crippen LogP contribution in [0.15, 0.2) is 36.4 Å². The maximum absolute atomic E-state index is 11.5. The second-order valence-corrected chi connectivity index (χ2v) is 10.2. The molecular formula is C30H39N5O4. The summed E-state index contributed by atoms with van der Waals surface area (Å²) in [5.74, 6) is 3.68. The summed E-state index contributed by atoms with van der Waals surface area (Å²) in [6.45, 7) is 11.8. The minimum atomic E-state index is -0.318. The molecule has 39 heavy (non-hydrogen) atoms. The lowest BCUT2D eigenvalue weighted by Crippen LogP contribution is -2.49. The zero-order valence-corrected chi connectivity index (χ0v) is 23.8. The van der Waals surface area contributed by atoms with Gasteiger partial charge in [0.15, 0.2) is 5.82 Å². The van der Waals surface area contributed by atoms with Crippen molar-refractivity contribution in [2.24, 2.45) is 5.73 Å². The van der Waals surface area contributed by atoms with Crippen molar-refractivity contribution in [1.82, 2.24) is 14.9 Å². The number of methoxy groups -OCH3 is 2. The number of rotatable bonds is 10. The molecular weight excluding hydrogens is 494 g/mol. The normalized spacial score (nSPS) is 14.0. The van der Waals surface area contributed by atoms with Gasteiger partial charge in [-0.2, -0.15) is 0 Å². The first kappa shape index (κ1) is 28.2. The summed E-state index contributed by atoms with van der Waals surface area (Å²) in [7, 11) is 3.26. The van der Waals surface area contributed by atoms with Gasteiger partial charge >= 0.3 is 0 Å². The van der Waals surface area contributed by atoms with E-state index in [0.717, 1.165) is 34.0 Å². The third-order valence-electron chi connectivity index (χ3n) is 7.14. The molecule has 1 aromatic heterocycles. The van der Waals surface area contributed by atoms with Crippen LogP contribution < -0.4 is 24.8 Å². The SMILES string of the molecule is COc1ccc(OC)c(-c2nc(C)c(COc3cc(C(C)C)ccc3C)c(N3CCN(CC(N)=O)CC3)n2)c1. The fourth-order valence-electron chi connectivity index (χ4n) is 4.74. The van der Waals surface area contributed by atoms with Crippen LogP contribution in [0.1, 0.15) is 42.1 Å². The van der Waals surface area contributed by atoms with Crippen molar-refractivity contribution in [3.63, 3.8) is 0 Å². The van der Waals surface area contributed by atoms with E-state index in [0.29, 0.717) is 56.0 Å². The van der Waals surface area contributed by atoms with Gasteiger partial charge in [-0.1, -0.05) is 26.0 Å². The predicted molar refractivity (Wildman–Crippen MR) is 153 cm³/mol. The molecule has 9 nitrogen and oxygen atoms in total. The number of nitrogens with two attached hydrogens (primary N) is 1. The van der Waals surface area contributed by atoms with Gasteiger partial charge in [-0.25, -0.2) is 9.97 Å². The number of aromatic nitrogens is 2. The smallest absolute Gasteiger partial charge is 0.231 e. The standard InChI is InChI=1S/C30H39N5O4/c1-19(2)22-8-7-20(3)27(15-22)39-18-25-21(4)32-29(24-16-23(37-5)9-10-26(24)38-6)33-30(25)35-13-11-34(12-14-35)17-28(31)36/h7-10,15-16,19H,11-14,17-18H2,1-6H3,(H2,31,36). The molecule has 0 bridgehead atoms. The molecule has 1 amide bonds. The fraction of sp³-hybridized carbons (Fsp3) is 0.433. The lowest BCUT2D eigenvalue weighted by molar-refractivity contribution is -0.119. The Balaban J connectivity index is 1.72. The molecule has 0 spiro atoms. The number of anilines is 1. The molecule has 0 aliphatic carbocycles. The number of nitrogens with zero attached hydrogens (tertiary/aromatic N) is 4. The monoisotopic (exact) mass is 533 g/mol. The highest BCUT2D eigenvalue weighted by Crippen LogP contribution is 2.35. The first-order valence-electron chi connectivity index (χ1n) is 13.3. The van der Waals surface area contributed by atoms with Crippen LogP contribution in [0.5, 0.6) is 17.2 Å². The zero-order chi connectivity index (χ0) is 28.1. The summed E-state index contributed by atoms with van der Waals surface area (Å²) < 4.78 is 17.5. The maximum atomic E-state index is 11.5. The molecule has 2 heterocycles. The van der Waals surface area contributed by atoms with Crippen LogP contribution in [0.25, 0.3) is 11.4 Å². The third kappa shape index (κ3) is 6.60. The first-order valence-corrected chi connectivity index (χ1v) is 13.3. The highest BCUT2D eigenvalue weighted by Gasteiger charge is 2.25. The van der Waals surface area contributed by atoms with Crippen LogP contribution in [0.4, 0.5) is 5.82 Å². The fourth-order valence-corrected chi connectivity index (χ4v) is 4.74. The summed E-state index contributed by atoms with van der Waals surface area (Å²) in [6, 6.07) is 12.0. The van der Waals surface area contributed by atoms with Gasteiger partial charge in [-0.05, 0) is 55.2 Å². The van der Waals surface area contributed by atoms with Crippen LogP contribution in [-0.2, 0) is 11.4 Å². The van der Waals surface area contributed by atoms with Crippen molar-refractivity contribution < 1.29 is 19.0 Å². The average molecular weight is 534 g/mol. The Hall–Kier alpha value is -3.85. The van der Waals surface area contributed by atoms with Gasteiger partial charge in [0.1, 0.15) is 29.7 Å². The van der Waals surface area contributed by atoms with Gasteiger partial charge in [0, 0.05) is 26.2 Å². The number of carbonyl (C=O) groups excluding carboxylic acids is 1. The van der Waals surface area contributed by atoms with Crippen molar-refractivity contribution >= 4 is 11.7 Å². The molecule has 2 N–H and O–H groups in total. The molecule has 208 valence electrons. The van der Waals surface area contributed by atoms with E-state index < -0.39 is 0 Å². The molecule has 0 atom stereocenters. The Kier molecular flexibility index (Phi) is 8.91. The highest BCUT2D eigenvalue weighted by atomic mass is 16.5. The predicted octanol–water partition coefficient (Wildman–Crippen LogP) is 4.09. The summed E-state index contributed by atoms with van der Waals surface area (Å²) in [6.07, 6.45) is 0. The Labute approximate surface area is 230 Å². The molecule has 2 aromatic carbocycles. The topological polar surface area (TPSA) is 103 Å². The minimum Gasteiger partial charge on any atom is -0.497 e. The number of piperazine rings is 1. The third-order valence-corrected chi connectivity index (χ3v) is 7.14. The van der Waals surface area contributed by atoms with Crippen LogP contribution in [-0.4, -0.2) is 67.7 Å². The Morgan fingerprint density at radius 1 is 0.974 bits per heavy atom. The Morgan fingerprint density at radius 3 is 2.36 bits per heavy atom. The highest BCUT2D eigenvalue weighted by molar-refractivity contribution is 5.76. The van der Waals surface area contributed by atoms with Crippen LogP contribution in [0, 0.1) is 13.8 Å². The molecule has 0 radical (unpaired) electrons. The summed E-state index contributed by atoms with van der Waals surface area (Å²) >= 11 is 0. The number of amides is 1. The van der Waals surface area contributed by atoms with E-state index in [2.05, 4.69) is 48.8 Å². The minimum absolute atomic E-state index is 0.254.